The third-order valence-corrected chi connectivity index (χ3v) is 2.55. The summed E-state index contributed by atoms with van der Waals surface area (Å²) in [6, 6.07) is 3.42. The van der Waals surface area contributed by atoms with Crippen LogP contribution >= 0.6 is 0 Å². The molecular weight excluding hydrogens is 270 g/mol. The summed E-state index contributed by atoms with van der Waals surface area (Å²) in [5.74, 6) is 6.37. The fraction of sp³-hybridized carbons (Fsp3) is 0.267. The molecule has 0 saturated carbocycles. The smallest absolute Gasteiger partial charge is 0.271 e. The first kappa shape index (κ1) is 14.8. The summed E-state index contributed by atoms with van der Waals surface area (Å²) >= 11 is 0. The van der Waals surface area contributed by atoms with Crippen molar-refractivity contribution in [1.29, 1.82) is 0 Å². The van der Waals surface area contributed by atoms with Crippen molar-refractivity contribution in [3.8, 4) is 11.8 Å². The Balaban J connectivity index is 2.07. The van der Waals surface area contributed by atoms with Gasteiger partial charge in [0.2, 0.25) is 5.89 Å². The Labute approximate surface area is 122 Å². The van der Waals surface area contributed by atoms with Crippen LogP contribution in [0.3, 0.4) is 0 Å². The monoisotopic (exact) mass is 285 g/mol. The fourth-order valence-corrected chi connectivity index (χ4v) is 1.62. The van der Waals surface area contributed by atoms with E-state index in [1.54, 1.807) is 25.3 Å². The van der Waals surface area contributed by atoms with Crippen LogP contribution in [-0.2, 0) is 6.54 Å². The van der Waals surface area contributed by atoms with Crippen LogP contribution in [0.1, 0.15) is 34.1 Å². The number of aliphatic hydroxyl groups excluding tert-OH is 1. The Bertz CT molecular complexity index is 683. The Morgan fingerprint density at radius 3 is 3.05 bits per heavy atom. The summed E-state index contributed by atoms with van der Waals surface area (Å²) in [5, 5.41) is 11.4. The van der Waals surface area contributed by atoms with Crippen molar-refractivity contribution in [2.45, 2.75) is 19.9 Å². The van der Waals surface area contributed by atoms with Crippen molar-refractivity contribution in [3.05, 3.63) is 47.4 Å². The van der Waals surface area contributed by atoms with E-state index in [-0.39, 0.29) is 24.8 Å². The minimum atomic E-state index is -0.347. The van der Waals surface area contributed by atoms with E-state index < -0.39 is 0 Å². The molecule has 2 N–H and O–H groups in total. The van der Waals surface area contributed by atoms with Crippen molar-refractivity contribution in [2.75, 3.05) is 6.61 Å². The first-order valence-corrected chi connectivity index (χ1v) is 6.45. The quantitative estimate of drug-likeness (QED) is 0.819. The van der Waals surface area contributed by atoms with Gasteiger partial charge in [-0.05, 0) is 19.1 Å². The van der Waals surface area contributed by atoms with E-state index in [4.69, 9.17) is 9.52 Å². The lowest BCUT2D eigenvalue weighted by atomic mass is 10.2. The molecule has 21 heavy (non-hydrogen) atoms. The molecule has 0 saturated heterocycles. The molecule has 0 radical (unpaired) electrons. The van der Waals surface area contributed by atoms with Crippen LogP contribution in [0, 0.1) is 18.8 Å². The number of aryl methyl sites for hydroxylation is 1. The van der Waals surface area contributed by atoms with Gasteiger partial charge in [0.1, 0.15) is 11.5 Å². The molecule has 108 valence electrons. The first-order chi connectivity index (χ1) is 10.2. The van der Waals surface area contributed by atoms with Gasteiger partial charge in [-0.3, -0.25) is 4.79 Å². The summed E-state index contributed by atoms with van der Waals surface area (Å²) in [5.41, 5.74) is 0.762. The average Bonchev–Trinajstić information content (AvgIpc) is 2.91. The number of aliphatic hydroxyl groups is 1. The van der Waals surface area contributed by atoms with Gasteiger partial charge in [-0.25, -0.2) is 9.97 Å². The maximum atomic E-state index is 12.1. The Morgan fingerprint density at radius 2 is 2.33 bits per heavy atom. The largest absolute Gasteiger partial charge is 0.444 e. The van der Waals surface area contributed by atoms with E-state index in [9.17, 15) is 4.79 Å². The lowest BCUT2D eigenvalue weighted by Crippen LogP contribution is -2.24. The molecule has 0 atom stereocenters. The molecule has 0 aliphatic carbocycles. The highest BCUT2D eigenvalue weighted by atomic mass is 16.4. The Morgan fingerprint density at radius 1 is 1.48 bits per heavy atom. The van der Waals surface area contributed by atoms with Gasteiger partial charge in [-0.1, -0.05) is 11.8 Å². The van der Waals surface area contributed by atoms with Crippen LogP contribution in [0.25, 0.3) is 0 Å². The van der Waals surface area contributed by atoms with Gasteiger partial charge in [0.25, 0.3) is 5.91 Å². The second-order valence-corrected chi connectivity index (χ2v) is 4.22. The van der Waals surface area contributed by atoms with Crippen molar-refractivity contribution >= 4 is 5.91 Å². The number of carbonyl (C=O) groups excluding carboxylic acids is 1. The molecule has 2 aromatic heterocycles. The fourth-order valence-electron chi connectivity index (χ4n) is 1.62. The van der Waals surface area contributed by atoms with E-state index >= 15 is 0 Å². The standard InChI is InChI=1S/C15H15N3O3/c1-11-9-17-13(21-11)10-18-15(20)14-12(5-2-3-8-19)6-4-7-16-14/h4,6-7,9,19H,3,8,10H2,1H3,(H,18,20). The van der Waals surface area contributed by atoms with Crippen LogP contribution in [0.15, 0.2) is 28.9 Å². The predicted octanol–water partition coefficient (Wildman–Crippen LogP) is 1.04. The van der Waals surface area contributed by atoms with Crippen LogP contribution in [0.2, 0.25) is 0 Å². The van der Waals surface area contributed by atoms with Crippen molar-refractivity contribution in [1.82, 2.24) is 15.3 Å². The van der Waals surface area contributed by atoms with Gasteiger partial charge < -0.3 is 14.8 Å². The number of pyridine rings is 1. The number of hydrogen-bond donors (Lipinski definition) is 2. The summed E-state index contributed by atoms with van der Waals surface area (Å²) in [6.07, 6.45) is 3.47. The number of hydrogen-bond acceptors (Lipinski definition) is 5. The highest BCUT2D eigenvalue weighted by molar-refractivity contribution is 5.94. The molecule has 0 fully saturated rings. The predicted molar refractivity (Wildman–Crippen MR) is 75.2 cm³/mol. The molecule has 1 amide bonds. The van der Waals surface area contributed by atoms with E-state index in [2.05, 4.69) is 27.1 Å². The van der Waals surface area contributed by atoms with E-state index in [1.807, 2.05) is 0 Å². The number of nitrogens with one attached hydrogen (secondary N) is 1. The van der Waals surface area contributed by atoms with Crippen molar-refractivity contribution < 1.29 is 14.3 Å². The topological polar surface area (TPSA) is 88.2 Å². The zero-order valence-electron chi connectivity index (χ0n) is 11.6. The third kappa shape index (κ3) is 4.16. The maximum Gasteiger partial charge on any atom is 0.271 e. The summed E-state index contributed by atoms with van der Waals surface area (Å²) in [4.78, 5) is 20.2. The van der Waals surface area contributed by atoms with Gasteiger partial charge in [0, 0.05) is 12.6 Å². The number of carbonyl (C=O) groups is 1. The first-order valence-electron chi connectivity index (χ1n) is 6.45. The van der Waals surface area contributed by atoms with Crippen LogP contribution in [0.4, 0.5) is 0 Å². The molecule has 0 aromatic carbocycles. The SMILES string of the molecule is Cc1cnc(CNC(=O)c2ncccc2C#CCCO)o1. The van der Waals surface area contributed by atoms with Crippen molar-refractivity contribution in [3.63, 3.8) is 0 Å². The Kier molecular flexibility index (Phi) is 5.07. The van der Waals surface area contributed by atoms with Gasteiger partial charge >= 0.3 is 0 Å². The number of aromatic nitrogens is 2. The van der Waals surface area contributed by atoms with E-state index in [0.717, 1.165) is 0 Å². The highest BCUT2D eigenvalue weighted by Crippen LogP contribution is 2.05. The normalized spacial score (nSPS) is 9.81. The number of rotatable bonds is 4. The average molecular weight is 285 g/mol. The molecule has 6 nitrogen and oxygen atoms in total. The molecule has 2 aromatic rings. The highest BCUT2D eigenvalue weighted by Gasteiger charge is 2.12. The minimum absolute atomic E-state index is 0.0156. The molecule has 0 aliphatic heterocycles. The molecule has 0 spiro atoms. The second-order valence-electron chi connectivity index (χ2n) is 4.22. The van der Waals surface area contributed by atoms with Crippen molar-refractivity contribution in [2.24, 2.45) is 0 Å². The summed E-state index contributed by atoms with van der Waals surface area (Å²) in [7, 11) is 0. The second kappa shape index (κ2) is 7.22. The minimum Gasteiger partial charge on any atom is -0.444 e. The summed E-state index contributed by atoms with van der Waals surface area (Å²) in [6.45, 7) is 1.96. The number of amides is 1. The number of oxazole rings is 1. The molecule has 2 rings (SSSR count). The molecule has 0 unspecified atom stereocenters. The van der Waals surface area contributed by atoms with Gasteiger partial charge in [0.05, 0.1) is 24.9 Å². The zero-order chi connectivity index (χ0) is 15.1. The van der Waals surface area contributed by atoms with Gasteiger partial charge in [-0.15, -0.1) is 0 Å². The maximum absolute atomic E-state index is 12.1. The van der Waals surface area contributed by atoms with Crippen LogP contribution in [0.5, 0.6) is 0 Å². The molecule has 0 aliphatic rings. The van der Waals surface area contributed by atoms with E-state index in [1.165, 1.54) is 6.20 Å². The number of nitrogens with zero attached hydrogens (tertiary/aromatic N) is 2. The molecule has 0 bridgehead atoms. The third-order valence-electron chi connectivity index (χ3n) is 2.55. The molecule has 6 heteroatoms. The van der Waals surface area contributed by atoms with Crippen LogP contribution in [-0.4, -0.2) is 27.6 Å². The van der Waals surface area contributed by atoms with Gasteiger partial charge in [-0.2, -0.15) is 0 Å². The van der Waals surface area contributed by atoms with Gasteiger partial charge in [0.15, 0.2) is 0 Å². The Hall–Kier alpha value is -2.65. The molecule has 2 heterocycles. The van der Waals surface area contributed by atoms with E-state index in [0.29, 0.717) is 23.6 Å². The zero-order valence-corrected chi connectivity index (χ0v) is 11.6. The lowest BCUT2D eigenvalue weighted by Gasteiger charge is -2.04. The lowest BCUT2D eigenvalue weighted by molar-refractivity contribution is 0.0942. The molecular formula is C15H15N3O3. The van der Waals surface area contributed by atoms with Crippen LogP contribution < -0.4 is 5.32 Å². The summed E-state index contributed by atoms with van der Waals surface area (Å²) < 4.78 is 5.28.